The molecule has 57 heavy (non-hydrogen) atoms. The first-order valence-electron chi connectivity index (χ1n) is 22.9. The number of aliphatic hydroxyl groups excluding tert-OH is 7. The monoisotopic (exact) mass is 812 g/mol. The van der Waals surface area contributed by atoms with Gasteiger partial charge in [-0.25, -0.2) is 0 Å². The van der Waals surface area contributed by atoms with Crippen LogP contribution in [0.1, 0.15) is 181 Å². The molecule has 9 unspecified atom stereocenters. The van der Waals surface area contributed by atoms with Crippen LogP contribution < -0.4 is 5.32 Å². The number of hydrogen-bond donors (Lipinski definition) is 8. The van der Waals surface area contributed by atoms with Gasteiger partial charge in [-0.15, -0.1) is 0 Å². The molecule has 8 N–H and O–H groups in total. The molecule has 1 aliphatic rings. The maximum atomic E-state index is 13.1. The lowest BCUT2D eigenvalue weighted by Gasteiger charge is -2.40. The highest BCUT2D eigenvalue weighted by atomic mass is 16.7. The van der Waals surface area contributed by atoms with E-state index in [4.69, 9.17) is 9.47 Å². The Kier molecular flexibility index (Phi) is 33.9. The van der Waals surface area contributed by atoms with Crippen LogP contribution in [0.25, 0.3) is 0 Å². The average molecular weight is 812 g/mol. The second-order valence-electron chi connectivity index (χ2n) is 16.1. The summed E-state index contributed by atoms with van der Waals surface area (Å²) in [4.78, 5) is 13.1. The van der Waals surface area contributed by atoms with E-state index in [1.807, 2.05) is 0 Å². The summed E-state index contributed by atoms with van der Waals surface area (Å²) >= 11 is 0. The Hall–Kier alpha value is -1.67. The van der Waals surface area contributed by atoms with Crippen LogP contribution in [0.3, 0.4) is 0 Å². The molecule has 1 heterocycles. The predicted molar refractivity (Wildman–Crippen MR) is 228 cm³/mol. The fraction of sp³-hybridized carbons (Fsp3) is 0.848. The molecule has 0 aromatic heterocycles. The van der Waals surface area contributed by atoms with E-state index in [1.54, 1.807) is 0 Å². The van der Waals surface area contributed by atoms with Crippen molar-refractivity contribution < 1.29 is 50.0 Å². The maximum absolute atomic E-state index is 13.1. The van der Waals surface area contributed by atoms with Crippen molar-refractivity contribution in [2.75, 3.05) is 13.2 Å². The minimum Gasteiger partial charge on any atom is -0.394 e. The molecule has 1 fully saturated rings. The molecule has 0 bridgehead atoms. The summed E-state index contributed by atoms with van der Waals surface area (Å²) in [5, 5.41) is 75.6. The van der Waals surface area contributed by atoms with Gasteiger partial charge in [0.15, 0.2) is 6.29 Å². The summed E-state index contributed by atoms with van der Waals surface area (Å²) < 4.78 is 11.1. The van der Waals surface area contributed by atoms with E-state index < -0.39 is 74.2 Å². The number of nitrogens with one attached hydrogen (secondary N) is 1. The van der Waals surface area contributed by atoms with Crippen LogP contribution in [0.15, 0.2) is 36.5 Å². The molecule has 334 valence electrons. The van der Waals surface area contributed by atoms with Crippen molar-refractivity contribution in [2.45, 2.75) is 236 Å². The zero-order chi connectivity index (χ0) is 41.9. The van der Waals surface area contributed by atoms with Gasteiger partial charge in [0.1, 0.15) is 36.6 Å². The van der Waals surface area contributed by atoms with Crippen LogP contribution >= 0.6 is 0 Å². The minimum atomic E-state index is -1.67. The van der Waals surface area contributed by atoms with Gasteiger partial charge in [-0.1, -0.05) is 159 Å². The van der Waals surface area contributed by atoms with Gasteiger partial charge >= 0.3 is 0 Å². The van der Waals surface area contributed by atoms with E-state index >= 15 is 0 Å². The highest BCUT2D eigenvalue weighted by Crippen LogP contribution is 2.23. The number of amides is 1. The van der Waals surface area contributed by atoms with Crippen molar-refractivity contribution in [3.63, 3.8) is 0 Å². The van der Waals surface area contributed by atoms with Crippen molar-refractivity contribution >= 4 is 5.91 Å². The molecule has 1 aliphatic heterocycles. The van der Waals surface area contributed by atoms with Crippen LogP contribution in [0, 0.1) is 0 Å². The van der Waals surface area contributed by atoms with E-state index in [-0.39, 0.29) is 12.8 Å². The summed E-state index contributed by atoms with van der Waals surface area (Å²) in [5.74, 6) is -0.713. The highest BCUT2D eigenvalue weighted by Gasteiger charge is 2.44. The molecular weight excluding hydrogens is 727 g/mol. The van der Waals surface area contributed by atoms with Gasteiger partial charge in [0, 0.05) is 0 Å². The lowest BCUT2D eigenvalue weighted by Crippen LogP contribution is -2.60. The molecule has 0 aromatic rings. The Morgan fingerprint density at radius 3 is 1.54 bits per heavy atom. The number of allylic oxidation sites excluding steroid dienone is 6. The Morgan fingerprint density at radius 2 is 1.05 bits per heavy atom. The Morgan fingerprint density at radius 1 is 0.596 bits per heavy atom. The second-order valence-corrected chi connectivity index (χ2v) is 16.1. The van der Waals surface area contributed by atoms with Crippen molar-refractivity contribution in [1.29, 1.82) is 0 Å². The lowest BCUT2D eigenvalue weighted by molar-refractivity contribution is -0.303. The number of carbonyl (C=O) groups is 1. The highest BCUT2D eigenvalue weighted by molar-refractivity contribution is 5.80. The number of unbranched alkanes of at least 4 members (excludes halogenated alkanes) is 19. The first kappa shape index (κ1) is 53.3. The zero-order valence-electron chi connectivity index (χ0n) is 35.8. The SMILES string of the molecule is CCCC/C=C/CC/C=C/CC/C=C/CCCC(O)C(O)C(COC1OC(CO)C(O)C(O)C1O)NC(=O)C(O)CCCCCCCCCCCCCCCCC. The molecular formula is C46H85NO10. The van der Waals surface area contributed by atoms with Gasteiger partial charge in [0.25, 0.3) is 0 Å². The fourth-order valence-corrected chi connectivity index (χ4v) is 7.05. The van der Waals surface area contributed by atoms with Crippen molar-refractivity contribution in [3.05, 3.63) is 36.5 Å². The molecule has 11 heteroatoms. The summed E-state index contributed by atoms with van der Waals surface area (Å²) in [6.45, 7) is 3.36. The molecule has 0 saturated carbocycles. The Labute approximate surface area is 346 Å². The van der Waals surface area contributed by atoms with Crippen LogP contribution in [0.4, 0.5) is 0 Å². The van der Waals surface area contributed by atoms with Gasteiger partial charge in [0.2, 0.25) is 5.91 Å². The normalized spacial score (nSPS) is 22.4. The van der Waals surface area contributed by atoms with E-state index in [2.05, 4.69) is 55.6 Å². The van der Waals surface area contributed by atoms with Crippen LogP contribution in [0.5, 0.6) is 0 Å². The number of hydrogen-bond acceptors (Lipinski definition) is 10. The van der Waals surface area contributed by atoms with E-state index in [1.165, 1.54) is 83.5 Å². The molecule has 0 spiro atoms. The molecule has 0 aliphatic carbocycles. The van der Waals surface area contributed by atoms with Gasteiger partial charge in [-0.2, -0.15) is 0 Å². The third kappa shape index (κ3) is 26.2. The van der Waals surface area contributed by atoms with Crippen molar-refractivity contribution in [2.24, 2.45) is 0 Å². The summed E-state index contributed by atoms with van der Waals surface area (Å²) in [6, 6.07) is -1.19. The number of carbonyl (C=O) groups excluding carboxylic acids is 1. The minimum absolute atomic E-state index is 0.241. The molecule has 9 atom stereocenters. The first-order chi connectivity index (χ1) is 27.7. The van der Waals surface area contributed by atoms with E-state index in [9.17, 15) is 40.5 Å². The predicted octanol–water partition coefficient (Wildman–Crippen LogP) is 7.22. The van der Waals surface area contributed by atoms with Gasteiger partial charge < -0.3 is 50.5 Å². The second kappa shape index (κ2) is 36.2. The topological polar surface area (TPSA) is 189 Å². The number of aliphatic hydroxyl groups is 7. The quantitative estimate of drug-likeness (QED) is 0.0235. The zero-order valence-corrected chi connectivity index (χ0v) is 35.8. The third-order valence-electron chi connectivity index (χ3n) is 10.9. The molecule has 1 amide bonds. The molecule has 0 radical (unpaired) electrons. The fourth-order valence-electron chi connectivity index (χ4n) is 7.05. The van der Waals surface area contributed by atoms with Crippen LogP contribution in [-0.4, -0.2) is 110 Å². The Bertz CT molecular complexity index is 1020. The van der Waals surface area contributed by atoms with Crippen molar-refractivity contribution in [1.82, 2.24) is 5.32 Å². The standard InChI is InChI=1S/C46H85NO10/c1-3-5-7-9-11-13-15-17-19-21-23-25-27-29-31-33-38(49)41(51)37(36-56-46-44(54)43(53)42(52)40(35-48)57-46)47-45(55)39(50)34-32-30-28-26-24-22-20-18-16-14-12-10-8-6-4-2/h9,11,17,19,25,27,37-44,46,48-54H,3-8,10,12-16,18,20-24,26,28-36H2,1-2H3,(H,47,55)/b11-9+,19-17+,27-25+. The molecule has 0 aromatic carbocycles. The van der Waals surface area contributed by atoms with E-state index in [0.29, 0.717) is 19.3 Å². The number of rotatable bonds is 37. The van der Waals surface area contributed by atoms with Crippen molar-refractivity contribution in [3.8, 4) is 0 Å². The van der Waals surface area contributed by atoms with Gasteiger partial charge in [0.05, 0.1) is 25.4 Å². The largest absolute Gasteiger partial charge is 0.394 e. The maximum Gasteiger partial charge on any atom is 0.249 e. The number of ether oxygens (including phenoxy) is 2. The molecule has 1 rings (SSSR count). The summed E-state index contributed by atoms with van der Waals surface area (Å²) in [5.41, 5.74) is 0. The Balaban J connectivity index is 2.51. The van der Waals surface area contributed by atoms with Crippen LogP contribution in [-0.2, 0) is 14.3 Å². The third-order valence-corrected chi connectivity index (χ3v) is 10.9. The lowest BCUT2D eigenvalue weighted by atomic mass is 9.98. The molecule has 11 nitrogen and oxygen atoms in total. The average Bonchev–Trinajstić information content (AvgIpc) is 3.21. The summed E-state index contributed by atoms with van der Waals surface area (Å²) in [7, 11) is 0. The van der Waals surface area contributed by atoms with Crippen LogP contribution in [0.2, 0.25) is 0 Å². The van der Waals surface area contributed by atoms with E-state index in [0.717, 1.165) is 51.4 Å². The smallest absolute Gasteiger partial charge is 0.249 e. The van der Waals surface area contributed by atoms with Gasteiger partial charge in [-0.3, -0.25) is 4.79 Å². The van der Waals surface area contributed by atoms with Gasteiger partial charge in [-0.05, 0) is 57.8 Å². The first-order valence-corrected chi connectivity index (χ1v) is 22.9. The summed E-state index contributed by atoms with van der Waals surface area (Å²) in [6.07, 6.45) is 29.0. The molecule has 1 saturated heterocycles.